The summed E-state index contributed by atoms with van der Waals surface area (Å²) in [4.78, 5) is 2.44. The van der Waals surface area contributed by atoms with E-state index >= 15 is 0 Å². The molecule has 1 spiro atoms. The summed E-state index contributed by atoms with van der Waals surface area (Å²) in [5.41, 5.74) is 18.2. The molecule has 1 heterocycles. The molecule has 0 N–H and O–H groups in total. The van der Waals surface area contributed by atoms with Crippen LogP contribution in [0.1, 0.15) is 22.3 Å². The number of fused-ring (bicyclic) bond motifs is 16. The summed E-state index contributed by atoms with van der Waals surface area (Å²) in [7, 11) is 0. The van der Waals surface area contributed by atoms with E-state index in [0.717, 1.165) is 17.1 Å². The first-order valence-electron chi connectivity index (χ1n) is 19.7. The minimum absolute atomic E-state index is 0.563. The zero-order valence-corrected chi connectivity index (χ0v) is 31.9. The number of thiophene rings is 1. The molecule has 1 atom stereocenters. The molecule has 1 nitrogen and oxygen atoms in total. The lowest BCUT2D eigenvalue weighted by atomic mass is 9.66. The molecule has 1 unspecified atom stereocenters. The topological polar surface area (TPSA) is 3.24 Å². The Kier molecular flexibility index (Phi) is 7.08. The van der Waals surface area contributed by atoms with E-state index in [-0.39, 0.29) is 0 Å². The first-order valence-corrected chi connectivity index (χ1v) is 20.5. The number of para-hydroxylation sites is 2. The van der Waals surface area contributed by atoms with Crippen molar-refractivity contribution in [3.63, 3.8) is 0 Å². The Balaban J connectivity index is 1.21. The van der Waals surface area contributed by atoms with Crippen molar-refractivity contribution in [1.29, 1.82) is 0 Å². The van der Waals surface area contributed by atoms with Crippen LogP contribution in [-0.2, 0) is 5.41 Å². The van der Waals surface area contributed by atoms with Crippen molar-refractivity contribution < 1.29 is 0 Å². The number of hydrogen-bond acceptors (Lipinski definition) is 2. The van der Waals surface area contributed by atoms with Gasteiger partial charge in [-0.3, -0.25) is 0 Å². The maximum absolute atomic E-state index is 2.47. The Morgan fingerprint density at radius 3 is 1.70 bits per heavy atom. The summed E-state index contributed by atoms with van der Waals surface area (Å²) in [5, 5.41) is 2.69. The predicted octanol–water partition coefficient (Wildman–Crippen LogP) is 15.2. The molecule has 0 saturated carbocycles. The summed E-state index contributed by atoms with van der Waals surface area (Å²) in [6.07, 6.45) is 0. The Morgan fingerprint density at radius 1 is 0.351 bits per heavy atom. The summed E-state index contributed by atoms with van der Waals surface area (Å²) in [5.74, 6) is 0. The second-order valence-corrected chi connectivity index (χ2v) is 16.2. The average Bonchev–Trinajstić information content (AvgIpc) is 3.78. The van der Waals surface area contributed by atoms with Crippen molar-refractivity contribution in [1.82, 2.24) is 0 Å². The monoisotopic (exact) mass is 741 g/mol. The van der Waals surface area contributed by atoms with Crippen LogP contribution in [0.15, 0.2) is 212 Å². The number of benzene rings is 9. The Morgan fingerprint density at radius 2 is 0.912 bits per heavy atom. The molecular formula is C55H35NS. The number of nitrogens with zero attached hydrogens (tertiary/aromatic N) is 1. The summed E-state index contributed by atoms with van der Waals surface area (Å²) < 4.78 is 2.66. The first-order chi connectivity index (χ1) is 28.3. The van der Waals surface area contributed by atoms with Gasteiger partial charge in [0.2, 0.25) is 0 Å². The van der Waals surface area contributed by atoms with E-state index < -0.39 is 5.41 Å². The van der Waals surface area contributed by atoms with Gasteiger partial charge >= 0.3 is 0 Å². The minimum Gasteiger partial charge on any atom is -0.310 e. The predicted molar refractivity (Wildman–Crippen MR) is 241 cm³/mol. The van der Waals surface area contributed by atoms with Crippen LogP contribution in [0.25, 0.3) is 64.7 Å². The Hall–Kier alpha value is -7.00. The highest BCUT2D eigenvalue weighted by Gasteiger charge is 2.50. The van der Waals surface area contributed by atoms with Gasteiger partial charge in [0.1, 0.15) is 0 Å². The molecule has 10 aromatic rings. The molecule has 2 heteroatoms. The fourth-order valence-electron chi connectivity index (χ4n) is 10.1. The van der Waals surface area contributed by atoms with Crippen LogP contribution in [0.3, 0.4) is 0 Å². The fraction of sp³-hybridized carbons (Fsp3) is 0.0182. The number of rotatable bonds is 4. The van der Waals surface area contributed by atoms with E-state index in [1.54, 1.807) is 0 Å². The van der Waals surface area contributed by atoms with Crippen molar-refractivity contribution in [2.24, 2.45) is 0 Å². The van der Waals surface area contributed by atoms with Gasteiger partial charge in [-0.2, -0.15) is 0 Å². The van der Waals surface area contributed by atoms with E-state index in [0.29, 0.717) is 0 Å². The van der Waals surface area contributed by atoms with Gasteiger partial charge in [0.15, 0.2) is 0 Å². The second kappa shape index (κ2) is 12.5. The number of hydrogen-bond donors (Lipinski definition) is 0. The van der Waals surface area contributed by atoms with E-state index in [1.165, 1.54) is 86.9 Å². The van der Waals surface area contributed by atoms with Gasteiger partial charge in [-0.25, -0.2) is 0 Å². The molecule has 2 aliphatic rings. The maximum Gasteiger partial charge on any atom is 0.0725 e. The lowest BCUT2D eigenvalue weighted by molar-refractivity contribution is 0.776. The first kappa shape index (κ1) is 32.3. The standard InChI is InChI=1S/C55H35NS/c1-3-17-36(18-4-1)39-21-11-15-29-50(39)56(37-19-5-2-6-20-37)38-31-32-48-45(35-38)41-23-8-7-22-40(41)42-24-9-13-27-46(42)55(48)47-28-14-10-25-43(47)53-49(55)33-34-52-54(53)44-26-12-16-30-51(44)57-52/h1-35H. The van der Waals surface area contributed by atoms with Gasteiger partial charge in [-0.05, 0) is 104 Å². The van der Waals surface area contributed by atoms with Crippen LogP contribution in [-0.4, -0.2) is 0 Å². The average molecular weight is 742 g/mol. The van der Waals surface area contributed by atoms with Crippen LogP contribution in [0, 0.1) is 0 Å². The molecule has 1 aromatic heterocycles. The van der Waals surface area contributed by atoms with Crippen LogP contribution in [0.2, 0.25) is 0 Å². The van der Waals surface area contributed by atoms with Crippen LogP contribution in [0.4, 0.5) is 17.1 Å². The van der Waals surface area contributed by atoms with Gasteiger partial charge in [-0.1, -0.05) is 170 Å². The van der Waals surface area contributed by atoms with Crippen molar-refractivity contribution in [3.05, 3.63) is 235 Å². The van der Waals surface area contributed by atoms with Gasteiger partial charge in [0.05, 0.1) is 11.1 Å². The molecule has 0 aliphatic heterocycles. The molecule has 0 radical (unpaired) electrons. The third-order valence-corrected chi connectivity index (χ3v) is 13.4. The Bertz CT molecular complexity index is 3190. The van der Waals surface area contributed by atoms with Gasteiger partial charge in [0.25, 0.3) is 0 Å². The second-order valence-electron chi connectivity index (χ2n) is 15.1. The van der Waals surface area contributed by atoms with E-state index in [4.69, 9.17) is 0 Å². The van der Waals surface area contributed by atoms with Crippen molar-refractivity contribution in [3.8, 4) is 44.5 Å². The van der Waals surface area contributed by atoms with Crippen molar-refractivity contribution in [2.45, 2.75) is 5.41 Å². The molecule has 266 valence electrons. The molecule has 0 fully saturated rings. The molecule has 9 aromatic carbocycles. The SMILES string of the molecule is c1ccc(-c2ccccc2N(c2ccccc2)c2ccc3c(c2)-c2ccccc2-c2ccccc2C32c3ccccc3-c3c2ccc2sc4ccccc4c32)cc1. The highest BCUT2D eigenvalue weighted by Crippen LogP contribution is 2.63. The summed E-state index contributed by atoms with van der Waals surface area (Å²) in [6.45, 7) is 0. The molecular weight excluding hydrogens is 707 g/mol. The summed E-state index contributed by atoms with van der Waals surface area (Å²) >= 11 is 1.90. The normalized spacial score (nSPS) is 14.7. The van der Waals surface area contributed by atoms with E-state index in [2.05, 4.69) is 217 Å². The van der Waals surface area contributed by atoms with E-state index in [9.17, 15) is 0 Å². The molecule has 12 rings (SSSR count). The van der Waals surface area contributed by atoms with E-state index in [1.807, 2.05) is 11.3 Å². The third-order valence-electron chi connectivity index (χ3n) is 12.3. The molecule has 0 saturated heterocycles. The third kappa shape index (κ3) is 4.56. The fourth-order valence-corrected chi connectivity index (χ4v) is 11.2. The van der Waals surface area contributed by atoms with Crippen molar-refractivity contribution >= 4 is 48.6 Å². The van der Waals surface area contributed by atoms with Crippen LogP contribution >= 0.6 is 11.3 Å². The van der Waals surface area contributed by atoms with Crippen molar-refractivity contribution in [2.75, 3.05) is 4.90 Å². The zero-order valence-electron chi connectivity index (χ0n) is 31.1. The number of anilines is 3. The zero-order chi connectivity index (χ0) is 37.5. The minimum atomic E-state index is -0.563. The molecule has 57 heavy (non-hydrogen) atoms. The van der Waals surface area contributed by atoms with Crippen LogP contribution in [0.5, 0.6) is 0 Å². The van der Waals surface area contributed by atoms with Gasteiger partial charge < -0.3 is 4.90 Å². The van der Waals surface area contributed by atoms with Crippen LogP contribution < -0.4 is 4.90 Å². The lowest BCUT2D eigenvalue weighted by Gasteiger charge is -2.36. The highest BCUT2D eigenvalue weighted by molar-refractivity contribution is 7.26. The quantitative estimate of drug-likeness (QED) is 0.174. The largest absolute Gasteiger partial charge is 0.310 e. The lowest BCUT2D eigenvalue weighted by Crippen LogP contribution is -2.29. The maximum atomic E-state index is 2.47. The Labute approximate surface area is 336 Å². The van der Waals surface area contributed by atoms with Gasteiger partial charge in [-0.15, -0.1) is 11.3 Å². The van der Waals surface area contributed by atoms with Gasteiger partial charge in [0, 0.05) is 37.1 Å². The molecule has 0 bridgehead atoms. The smallest absolute Gasteiger partial charge is 0.0725 e. The highest BCUT2D eigenvalue weighted by atomic mass is 32.1. The molecule has 0 amide bonds. The molecule has 2 aliphatic carbocycles. The summed E-state index contributed by atoms with van der Waals surface area (Å²) in [6, 6.07) is 78.9.